The van der Waals surface area contributed by atoms with E-state index < -0.39 is 5.97 Å². The lowest BCUT2D eigenvalue weighted by atomic mass is 10.1. The zero-order valence-corrected chi connectivity index (χ0v) is 12.1. The van der Waals surface area contributed by atoms with Gasteiger partial charge in [0.05, 0.1) is 0 Å². The number of nitrogens with one attached hydrogen (secondary N) is 1. The Balaban J connectivity index is 2.47. The fraction of sp³-hybridized carbons (Fsp3) is 0.571. The summed E-state index contributed by atoms with van der Waals surface area (Å²) in [5.74, 6) is 0.633. The molecule has 0 fully saturated rings. The Morgan fingerprint density at radius 1 is 1.32 bits per heavy atom. The van der Waals surface area contributed by atoms with Gasteiger partial charge in [-0.25, -0.2) is 4.79 Å². The number of ether oxygens (including phenoxy) is 1. The van der Waals surface area contributed by atoms with Gasteiger partial charge in [-0.05, 0) is 32.8 Å². The monoisotopic (exact) mass is 267 g/mol. The predicted octanol–water partition coefficient (Wildman–Crippen LogP) is 2.21. The van der Waals surface area contributed by atoms with Crippen molar-refractivity contribution in [1.82, 2.24) is 5.32 Å². The molecule has 1 atom stereocenters. The molecule has 0 aromatic carbocycles. The number of rotatable bonds is 5. The van der Waals surface area contributed by atoms with E-state index in [1.807, 2.05) is 20.8 Å². The first-order valence-corrected chi connectivity index (χ1v) is 6.34. The molecule has 5 heteroatoms. The lowest BCUT2D eigenvalue weighted by Gasteiger charge is -2.17. The number of hydrogen-bond acceptors (Lipinski definition) is 4. The molecule has 1 N–H and O–H groups in total. The number of esters is 1. The van der Waals surface area contributed by atoms with Crippen LogP contribution in [-0.2, 0) is 9.53 Å². The Hall–Kier alpha value is -1.78. The highest BCUT2D eigenvalue weighted by Gasteiger charge is 2.17. The van der Waals surface area contributed by atoms with Gasteiger partial charge in [-0.1, -0.05) is 13.8 Å². The molecule has 106 valence electrons. The lowest BCUT2D eigenvalue weighted by Crippen LogP contribution is -2.38. The third-order valence-electron chi connectivity index (χ3n) is 2.98. The van der Waals surface area contributed by atoms with E-state index in [4.69, 9.17) is 9.15 Å². The predicted molar refractivity (Wildman–Crippen MR) is 70.9 cm³/mol. The molecule has 0 radical (unpaired) electrons. The van der Waals surface area contributed by atoms with Crippen molar-refractivity contribution in [3.8, 4) is 0 Å². The molecule has 1 unspecified atom stereocenters. The molecule has 0 aliphatic heterocycles. The molecule has 0 saturated heterocycles. The maximum absolute atomic E-state index is 11.7. The maximum atomic E-state index is 11.7. The van der Waals surface area contributed by atoms with Crippen LogP contribution in [0.3, 0.4) is 0 Å². The maximum Gasteiger partial charge on any atom is 0.342 e. The van der Waals surface area contributed by atoms with Gasteiger partial charge in [0.15, 0.2) is 6.61 Å². The van der Waals surface area contributed by atoms with Crippen molar-refractivity contribution >= 4 is 11.9 Å². The van der Waals surface area contributed by atoms with Crippen molar-refractivity contribution in [2.75, 3.05) is 6.61 Å². The van der Waals surface area contributed by atoms with Crippen molar-refractivity contribution in [2.45, 2.75) is 40.7 Å². The van der Waals surface area contributed by atoms with E-state index in [2.05, 4.69) is 5.32 Å². The van der Waals surface area contributed by atoms with Crippen molar-refractivity contribution < 1.29 is 18.7 Å². The molecule has 1 aromatic heterocycles. The molecule has 19 heavy (non-hydrogen) atoms. The molecule has 1 rings (SSSR count). The van der Waals surface area contributed by atoms with Crippen LogP contribution < -0.4 is 5.32 Å². The van der Waals surface area contributed by atoms with Crippen molar-refractivity contribution in [3.63, 3.8) is 0 Å². The van der Waals surface area contributed by atoms with E-state index in [-0.39, 0.29) is 18.6 Å². The van der Waals surface area contributed by atoms with Gasteiger partial charge < -0.3 is 14.5 Å². The molecular weight excluding hydrogens is 246 g/mol. The van der Waals surface area contributed by atoms with E-state index in [0.29, 0.717) is 23.0 Å². The Bertz CT molecular complexity index is 462. The molecule has 5 nitrogen and oxygen atoms in total. The molecular formula is C14H21NO4. The largest absolute Gasteiger partial charge is 0.466 e. The molecule has 0 spiro atoms. The Labute approximate surface area is 113 Å². The Morgan fingerprint density at radius 3 is 2.42 bits per heavy atom. The van der Waals surface area contributed by atoms with Crippen molar-refractivity contribution in [1.29, 1.82) is 0 Å². The Kier molecular flexibility index (Phi) is 5.15. The van der Waals surface area contributed by atoms with E-state index in [1.54, 1.807) is 19.9 Å². The van der Waals surface area contributed by atoms with Crippen LogP contribution in [0.4, 0.5) is 0 Å². The van der Waals surface area contributed by atoms with Crippen molar-refractivity contribution in [3.05, 3.63) is 23.2 Å². The summed E-state index contributed by atoms with van der Waals surface area (Å²) < 4.78 is 10.2. The first-order chi connectivity index (χ1) is 8.81. The minimum atomic E-state index is -0.540. The highest BCUT2D eigenvalue weighted by molar-refractivity contribution is 5.92. The van der Waals surface area contributed by atoms with E-state index >= 15 is 0 Å². The van der Waals surface area contributed by atoms with Crippen LogP contribution in [0.2, 0.25) is 0 Å². The average Bonchev–Trinajstić information content (AvgIpc) is 2.65. The first kappa shape index (κ1) is 15.3. The fourth-order valence-corrected chi connectivity index (χ4v) is 1.50. The zero-order chi connectivity index (χ0) is 14.6. The normalized spacial score (nSPS) is 12.3. The molecule has 1 heterocycles. The number of carbonyl (C=O) groups is 2. The second kappa shape index (κ2) is 6.41. The summed E-state index contributed by atoms with van der Waals surface area (Å²) in [6.45, 7) is 9.09. The van der Waals surface area contributed by atoms with E-state index in [0.717, 1.165) is 0 Å². The van der Waals surface area contributed by atoms with Gasteiger partial charge in [0, 0.05) is 6.04 Å². The summed E-state index contributed by atoms with van der Waals surface area (Å²) in [5, 5.41) is 2.77. The molecule has 0 bridgehead atoms. The summed E-state index contributed by atoms with van der Waals surface area (Å²) in [6, 6.07) is 1.65. The van der Waals surface area contributed by atoms with Gasteiger partial charge in [0.2, 0.25) is 0 Å². The minimum Gasteiger partial charge on any atom is -0.466 e. The Morgan fingerprint density at radius 2 is 1.95 bits per heavy atom. The molecule has 0 saturated carbocycles. The first-order valence-electron chi connectivity index (χ1n) is 6.34. The van der Waals surface area contributed by atoms with Crippen molar-refractivity contribution in [2.24, 2.45) is 5.92 Å². The minimum absolute atomic E-state index is 0.0455. The summed E-state index contributed by atoms with van der Waals surface area (Å²) >= 11 is 0. The van der Waals surface area contributed by atoms with Crippen LogP contribution in [0.5, 0.6) is 0 Å². The second-order valence-corrected chi connectivity index (χ2v) is 5.00. The molecule has 1 aromatic rings. The highest BCUT2D eigenvalue weighted by Crippen LogP contribution is 2.14. The number of amides is 1. The van der Waals surface area contributed by atoms with Crippen LogP contribution in [0, 0.1) is 19.8 Å². The molecule has 0 aliphatic rings. The SMILES string of the molecule is Cc1cc(C(=O)OCC(=O)NC(C)C(C)C)c(C)o1. The van der Waals surface area contributed by atoms with Gasteiger partial charge in [-0.2, -0.15) is 0 Å². The number of hydrogen-bond donors (Lipinski definition) is 1. The average molecular weight is 267 g/mol. The fourth-order valence-electron chi connectivity index (χ4n) is 1.50. The lowest BCUT2D eigenvalue weighted by molar-refractivity contribution is -0.125. The molecule has 0 aliphatic carbocycles. The smallest absolute Gasteiger partial charge is 0.342 e. The van der Waals surface area contributed by atoms with Gasteiger partial charge in [-0.3, -0.25) is 4.79 Å². The van der Waals surface area contributed by atoms with Crippen LogP contribution in [0.15, 0.2) is 10.5 Å². The third-order valence-corrected chi connectivity index (χ3v) is 2.98. The molecule has 1 amide bonds. The zero-order valence-electron chi connectivity index (χ0n) is 12.1. The number of aryl methyl sites for hydroxylation is 2. The summed E-state index contributed by atoms with van der Waals surface area (Å²) in [7, 11) is 0. The van der Waals surface area contributed by atoms with Crippen LogP contribution in [0.1, 0.15) is 42.6 Å². The van der Waals surface area contributed by atoms with Crippen LogP contribution >= 0.6 is 0 Å². The third kappa shape index (κ3) is 4.43. The van der Waals surface area contributed by atoms with Crippen LogP contribution in [0.25, 0.3) is 0 Å². The topological polar surface area (TPSA) is 68.5 Å². The summed E-state index contributed by atoms with van der Waals surface area (Å²) in [5.41, 5.74) is 0.363. The summed E-state index contributed by atoms with van der Waals surface area (Å²) in [6.07, 6.45) is 0. The number of furan rings is 1. The van der Waals surface area contributed by atoms with E-state index in [9.17, 15) is 9.59 Å². The van der Waals surface area contributed by atoms with Gasteiger partial charge >= 0.3 is 5.97 Å². The standard InChI is InChI=1S/C14H21NO4/c1-8(2)10(4)15-13(16)7-18-14(17)12-6-9(3)19-11(12)5/h6,8,10H,7H2,1-5H3,(H,15,16). The van der Waals surface area contributed by atoms with Gasteiger partial charge in [-0.15, -0.1) is 0 Å². The quantitative estimate of drug-likeness (QED) is 0.830. The van der Waals surface area contributed by atoms with Gasteiger partial charge in [0.1, 0.15) is 17.1 Å². The second-order valence-electron chi connectivity index (χ2n) is 5.00. The van der Waals surface area contributed by atoms with E-state index in [1.165, 1.54) is 0 Å². The van der Waals surface area contributed by atoms with Gasteiger partial charge in [0.25, 0.3) is 5.91 Å². The summed E-state index contributed by atoms with van der Waals surface area (Å²) in [4.78, 5) is 23.3. The number of carbonyl (C=O) groups excluding carboxylic acids is 2. The van der Waals surface area contributed by atoms with Crippen LogP contribution in [-0.4, -0.2) is 24.5 Å². The highest BCUT2D eigenvalue weighted by atomic mass is 16.5.